The van der Waals surface area contributed by atoms with Crippen LogP contribution in [0, 0.1) is 6.92 Å². The van der Waals surface area contributed by atoms with Crippen molar-refractivity contribution in [3.8, 4) is 67.5 Å². The second-order valence-corrected chi connectivity index (χ2v) is 16.8. The molecule has 0 bridgehead atoms. The van der Waals surface area contributed by atoms with Gasteiger partial charge in [0.25, 0.3) is 6.71 Å². The minimum atomic E-state index is -0.177. The monoisotopic (exact) mass is 826 g/mol. The number of nitrogens with zero attached hydrogens (tertiary/aromatic N) is 2. The van der Waals surface area contributed by atoms with Gasteiger partial charge >= 0.3 is 0 Å². The largest absolute Gasteiger partial charge is 0.454 e. The Morgan fingerprint density at radius 3 is 1.09 bits per heavy atom. The average Bonchev–Trinajstić information content (AvgIpc) is 4.06. The Kier molecular flexibility index (Phi) is 8.25. The number of anilines is 6. The number of aryl methyl sites for hydroxylation is 1. The van der Waals surface area contributed by atoms with Gasteiger partial charge in [-0.1, -0.05) is 133 Å². The van der Waals surface area contributed by atoms with Crippen molar-refractivity contribution in [2.75, 3.05) is 23.4 Å². The van der Waals surface area contributed by atoms with Crippen molar-refractivity contribution in [1.29, 1.82) is 0 Å². The van der Waals surface area contributed by atoms with E-state index >= 15 is 0 Å². The Hall–Kier alpha value is -8.16. The van der Waals surface area contributed by atoms with Crippen molar-refractivity contribution in [1.82, 2.24) is 0 Å². The Labute approximate surface area is 372 Å². The highest BCUT2D eigenvalue weighted by molar-refractivity contribution is 7.00. The molecule has 0 atom stereocenters. The van der Waals surface area contributed by atoms with Crippen LogP contribution >= 0.6 is 0 Å². The number of ether oxygens (including phenoxy) is 4. The van der Waals surface area contributed by atoms with Gasteiger partial charge in [0.2, 0.25) is 13.6 Å². The Morgan fingerprint density at radius 1 is 0.375 bits per heavy atom. The Morgan fingerprint density at radius 2 is 0.734 bits per heavy atom. The van der Waals surface area contributed by atoms with E-state index in [1.165, 1.54) is 5.46 Å². The number of hydrogen-bond acceptors (Lipinski definition) is 6. The molecular formula is C57H39BN2O4. The number of fused-ring (bicyclic) bond motifs is 8. The molecule has 0 N–H and O–H groups in total. The van der Waals surface area contributed by atoms with E-state index in [0.29, 0.717) is 0 Å². The Bertz CT molecular complexity index is 2970. The maximum atomic E-state index is 6.51. The van der Waals surface area contributed by atoms with Gasteiger partial charge in [-0.2, -0.15) is 0 Å². The minimum absolute atomic E-state index is 0.153. The zero-order chi connectivity index (χ0) is 42.3. The van der Waals surface area contributed by atoms with E-state index in [-0.39, 0.29) is 20.3 Å². The van der Waals surface area contributed by atoms with Crippen LogP contribution in [0.4, 0.5) is 34.1 Å². The molecule has 4 aliphatic heterocycles. The topological polar surface area (TPSA) is 43.4 Å². The van der Waals surface area contributed by atoms with E-state index in [1.54, 1.807) is 0 Å². The fourth-order valence-corrected chi connectivity index (χ4v) is 10.2. The van der Waals surface area contributed by atoms with Crippen LogP contribution in [0.1, 0.15) is 5.56 Å². The number of rotatable bonds is 6. The molecule has 0 aromatic heterocycles. The quantitative estimate of drug-likeness (QED) is 0.156. The molecule has 0 saturated carbocycles. The third-order valence-corrected chi connectivity index (χ3v) is 13.0. The Balaban J connectivity index is 1.12. The van der Waals surface area contributed by atoms with Crippen molar-refractivity contribution >= 4 is 57.2 Å². The lowest BCUT2D eigenvalue weighted by Crippen LogP contribution is -2.61. The molecule has 9 aromatic carbocycles. The van der Waals surface area contributed by atoms with Crippen LogP contribution in [0.25, 0.3) is 44.5 Å². The number of benzene rings is 9. The van der Waals surface area contributed by atoms with E-state index < -0.39 is 0 Å². The first kappa shape index (κ1) is 36.5. The first-order valence-electron chi connectivity index (χ1n) is 21.8. The molecule has 0 spiro atoms. The summed E-state index contributed by atoms with van der Waals surface area (Å²) in [5.74, 6) is 2.95. The van der Waals surface area contributed by atoms with E-state index in [0.717, 1.165) is 118 Å². The molecule has 6 nitrogen and oxygen atoms in total. The number of hydrogen-bond donors (Lipinski definition) is 0. The average molecular weight is 827 g/mol. The smallest absolute Gasteiger partial charge is 0.252 e. The van der Waals surface area contributed by atoms with Crippen LogP contribution in [0.5, 0.6) is 23.0 Å². The van der Waals surface area contributed by atoms with Crippen LogP contribution in [-0.4, -0.2) is 20.3 Å². The molecule has 13 rings (SSSR count). The van der Waals surface area contributed by atoms with Crippen LogP contribution < -0.4 is 45.1 Å². The van der Waals surface area contributed by atoms with Crippen LogP contribution in [0.15, 0.2) is 194 Å². The maximum absolute atomic E-state index is 6.51. The summed E-state index contributed by atoms with van der Waals surface area (Å²) in [6.45, 7) is 2.33. The molecule has 0 unspecified atom stereocenters. The first-order valence-corrected chi connectivity index (χ1v) is 21.8. The molecule has 4 aliphatic rings. The summed E-state index contributed by atoms with van der Waals surface area (Å²) in [7, 11) is 0. The SMILES string of the molecule is Cc1cc2c3c(c1)N(c1cc(-c4ccccc4)cc(-c4ccccc4)c1)c1c(ccc4c1OCO4)B3c1ccc3c(c1N2c1cc(-c2ccccc2)cc(-c2ccccc2)c1)OCO3. The summed E-state index contributed by atoms with van der Waals surface area (Å²) in [5.41, 5.74) is 19.8. The lowest BCUT2D eigenvalue weighted by Gasteiger charge is -2.44. The van der Waals surface area contributed by atoms with Gasteiger partial charge in [-0.15, -0.1) is 0 Å². The van der Waals surface area contributed by atoms with E-state index in [1.807, 2.05) is 0 Å². The summed E-state index contributed by atoms with van der Waals surface area (Å²) in [5, 5.41) is 0. The third kappa shape index (κ3) is 5.74. The molecule has 0 saturated heterocycles. The van der Waals surface area contributed by atoms with Crippen LogP contribution in [-0.2, 0) is 0 Å². The molecule has 0 amide bonds. The molecule has 0 radical (unpaired) electrons. The standard InChI is InChI=1S/C57H39BN2O4/c1-36-26-49-53-50(27-36)60(46-32-43(39-18-10-4-11-19-39)29-44(33-46)40-20-12-5-13-21-40)55-48(23-25-52-57(55)64-35-62-52)58(53)47-22-24-51-56(63-34-61-51)54(47)59(49)45-30-41(37-14-6-2-7-15-37)28-42(31-45)38-16-8-3-9-17-38/h2-33H,34-35H2,1H3. The normalized spacial score (nSPS) is 13.7. The van der Waals surface area contributed by atoms with Gasteiger partial charge in [0, 0.05) is 22.7 Å². The molecular weight excluding hydrogens is 787 g/mol. The van der Waals surface area contributed by atoms with Crippen molar-refractivity contribution in [2.45, 2.75) is 6.92 Å². The molecule has 7 heteroatoms. The van der Waals surface area contributed by atoms with Crippen molar-refractivity contribution < 1.29 is 18.9 Å². The fraction of sp³-hybridized carbons (Fsp3) is 0.0526. The van der Waals surface area contributed by atoms with Gasteiger partial charge in [-0.3, -0.25) is 0 Å². The lowest BCUT2D eigenvalue weighted by molar-refractivity contribution is 0.174. The van der Waals surface area contributed by atoms with Crippen LogP contribution in [0.3, 0.4) is 0 Å². The summed E-state index contributed by atoms with van der Waals surface area (Å²) >= 11 is 0. The highest BCUT2D eigenvalue weighted by atomic mass is 16.7. The third-order valence-electron chi connectivity index (χ3n) is 13.0. The fourth-order valence-electron chi connectivity index (χ4n) is 10.2. The van der Waals surface area contributed by atoms with Crippen molar-refractivity contribution in [3.63, 3.8) is 0 Å². The van der Waals surface area contributed by atoms with E-state index in [2.05, 4.69) is 211 Å². The summed E-state index contributed by atoms with van der Waals surface area (Å²) in [6.07, 6.45) is 0. The second-order valence-electron chi connectivity index (χ2n) is 16.8. The molecule has 64 heavy (non-hydrogen) atoms. The van der Waals surface area contributed by atoms with E-state index in [4.69, 9.17) is 18.9 Å². The van der Waals surface area contributed by atoms with Gasteiger partial charge in [0.15, 0.2) is 23.0 Å². The molecule has 9 aromatic rings. The summed E-state index contributed by atoms with van der Waals surface area (Å²) < 4.78 is 25.3. The molecule has 0 aliphatic carbocycles. The van der Waals surface area contributed by atoms with Gasteiger partial charge in [-0.05, 0) is 134 Å². The lowest BCUT2D eigenvalue weighted by atomic mass is 9.33. The van der Waals surface area contributed by atoms with Crippen LogP contribution in [0.2, 0.25) is 0 Å². The zero-order valence-electron chi connectivity index (χ0n) is 35.0. The van der Waals surface area contributed by atoms with Gasteiger partial charge in [0.05, 0.1) is 11.4 Å². The van der Waals surface area contributed by atoms with Gasteiger partial charge in [0.1, 0.15) is 0 Å². The summed E-state index contributed by atoms with van der Waals surface area (Å²) in [6, 6.07) is 69.8. The second kappa shape index (κ2) is 14.5. The van der Waals surface area contributed by atoms with E-state index in [9.17, 15) is 0 Å². The highest BCUT2D eigenvalue weighted by Gasteiger charge is 2.47. The maximum Gasteiger partial charge on any atom is 0.252 e. The molecule has 304 valence electrons. The van der Waals surface area contributed by atoms with Gasteiger partial charge < -0.3 is 28.7 Å². The first-order chi connectivity index (χ1) is 31.6. The minimum Gasteiger partial charge on any atom is -0.454 e. The molecule has 0 fully saturated rings. The molecule has 4 heterocycles. The predicted molar refractivity (Wildman–Crippen MR) is 259 cm³/mol. The zero-order valence-corrected chi connectivity index (χ0v) is 35.0. The van der Waals surface area contributed by atoms with Crippen molar-refractivity contribution in [2.24, 2.45) is 0 Å². The highest BCUT2D eigenvalue weighted by Crippen LogP contribution is 2.54. The van der Waals surface area contributed by atoms with Gasteiger partial charge in [-0.25, -0.2) is 0 Å². The summed E-state index contributed by atoms with van der Waals surface area (Å²) in [4.78, 5) is 4.85. The van der Waals surface area contributed by atoms with Crippen molar-refractivity contribution in [3.05, 3.63) is 200 Å². The predicted octanol–water partition coefficient (Wildman–Crippen LogP) is 12.2.